The smallest absolute Gasteiger partial charge is 0.407 e. The Kier molecular flexibility index (Phi) is 20.8. The van der Waals surface area contributed by atoms with Crippen LogP contribution in [0.1, 0.15) is 85.1 Å². The fourth-order valence-electron chi connectivity index (χ4n) is 5.60. The topological polar surface area (TPSA) is 164 Å². The standard InChI is InChI=1S/C39H62N4O8/c1-7-9-10-18-32(37(46)42-33(23-27(3)4)35(44)25-36(45)40-26-28(5)8-2)41-38(47)34(43-39(48)51-22-21-50-20-19-49-6)24-30-16-13-15-29-14-11-12-17-31(29)30/h11-17,27-28,32-35,44H,7-10,18-26H2,1-6H3,(H,40,45)(H,41,47)(H,42,46)(H,43,48)/t28?,32-,33?,34-,35?/m0/s1. The highest BCUT2D eigenvalue weighted by Crippen LogP contribution is 2.20. The minimum Gasteiger partial charge on any atom is -0.447 e. The lowest BCUT2D eigenvalue weighted by Crippen LogP contribution is -2.57. The number of amides is 4. The van der Waals surface area contributed by atoms with E-state index in [1.54, 1.807) is 7.11 Å². The lowest BCUT2D eigenvalue weighted by atomic mass is 9.96. The van der Waals surface area contributed by atoms with E-state index in [0.29, 0.717) is 44.9 Å². The Morgan fingerprint density at radius 2 is 1.53 bits per heavy atom. The lowest BCUT2D eigenvalue weighted by molar-refractivity contribution is -0.131. The third-order valence-corrected chi connectivity index (χ3v) is 8.79. The molecule has 0 radical (unpaired) electrons. The van der Waals surface area contributed by atoms with Gasteiger partial charge in [0.25, 0.3) is 0 Å². The van der Waals surface area contributed by atoms with Crippen LogP contribution in [-0.2, 0) is 35.0 Å². The summed E-state index contributed by atoms with van der Waals surface area (Å²) in [6.07, 6.45) is 2.25. The zero-order valence-corrected chi connectivity index (χ0v) is 31.5. The van der Waals surface area contributed by atoms with E-state index in [9.17, 15) is 24.3 Å². The number of unbranched alkanes of at least 4 members (excludes halogenated alkanes) is 2. The number of carbonyl (C=O) groups excluding carboxylic acids is 4. The summed E-state index contributed by atoms with van der Waals surface area (Å²) < 4.78 is 15.6. The number of ether oxygens (including phenoxy) is 3. The molecule has 0 aliphatic carbocycles. The summed E-state index contributed by atoms with van der Waals surface area (Å²) in [6.45, 7) is 11.5. The molecular weight excluding hydrogens is 652 g/mol. The maximum Gasteiger partial charge on any atom is 0.407 e. The Morgan fingerprint density at radius 3 is 2.24 bits per heavy atom. The largest absolute Gasteiger partial charge is 0.447 e. The number of hydrogen-bond acceptors (Lipinski definition) is 8. The highest BCUT2D eigenvalue weighted by molar-refractivity contribution is 5.92. The quantitative estimate of drug-likeness (QED) is 0.0929. The van der Waals surface area contributed by atoms with Gasteiger partial charge in [0.15, 0.2) is 0 Å². The molecular formula is C39H62N4O8. The molecule has 2 rings (SSSR count). The second-order valence-electron chi connectivity index (χ2n) is 13.7. The van der Waals surface area contributed by atoms with Crippen LogP contribution in [0.15, 0.2) is 42.5 Å². The van der Waals surface area contributed by atoms with E-state index in [0.717, 1.165) is 35.6 Å². The van der Waals surface area contributed by atoms with Crippen LogP contribution < -0.4 is 21.3 Å². The number of rotatable bonds is 25. The van der Waals surface area contributed by atoms with Crippen molar-refractivity contribution in [1.29, 1.82) is 0 Å². The van der Waals surface area contributed by atoms with E-state index in [2.05, 4.69) is 21.3 Å². The number of aliphatic hydroxyl groups excluding tert-OH is 1. The molecule has 0 saturated carbocycles. The fraction of sp³-hybridized carbons (Fsp3) is 0.641. The van der Waals surface area contributed by atoms with E-state index in [-0.39, 0.29) is 37.9 Å². The van der Waals surface area contributed by atoms with Gasteiger partial charge in [0.1, 0.15) is 18.7 Å². The van der Waals surface area contributed by atoms with Gasteiger partial charge in [0, 0.05) is 20.1 Å². The Hall–Kier alpha value is -3.74. The van der Waals surface area contributed by atoms with Crippen LogP contribution in [0.25, 0.3) is 10.8 Å². The van der Waals surface area contributed by atoms with Gasteiger partial charge in [-0.15, -0.1) is 0 Å². The summed E-state index contributed by atoms with van der Waals surface area (Å²) in [6, 6.07) is 10.9. The number of methoxy groups -OCH3 is 1. The van der Waals surface area contributed by atoms with Gasteiger partial charge >= 0.3 is 6.09 Å². The molecule has 0 spiro atoms. The molecule has 5 atom stereocenters. The van der Waals surface area contributed by atoms with E-state index >= 15 is 0 Å². The van der Waals surface area contributed by atoms with Crippen LogP contribution in [0, 0.1) is 11.8 Å². The van der Waals surface area contributed by atoms with Crippen molar-refractivity contribution in [3.05, 3.63) is 48.0 Å². The van der Waals surface area contributed by atoms with E-state index in [4.69, 9.17) is 14.2 Å². The minimum absolute atomic E-state index is 0.0184. The zero-order chi connectivity index (χ0) is 37.6. The lowest BCUT2D eigenvalue weighted by Gasteiger charge is -2.29. The molecule has 0 heterocycles. The summed E-state index contributed by atoms with van der Waals surface area (Å²) in [5.74, 6) is -0.853. The van der Waals surface area contributed by atoms with Gasteiger partial charge in [0.05, 0.1) is 38.4 Å². The van der Waals surface area contributed by atoms with Crippen LogP contribution in [0.2, 0.25) is 0 Å². The second kappa shape index (κ2) is 24.4. The Labute approximate surface area is 304 Å². The maximum atomic E-state index is 14.0. The number of fused-ring (bicyclic) bond motifs is 1. The molecule has 12 nitrogen and oxygen atoms in total. The Balaban J connectivity index is 2.26. The number of carbonyl (C=O) groups is 4. The molecule has 5 N–H and O–H groups in total. The Bertz CT molecular complexity index is 1330. The molecule has 2 aromatic rings. The van der Waals surface area contributed by atoms with Crippen LogP contribution >= 0.6 is 0 Å². The molecule has 0 bridgehead atoms. The molecule has 4 amide bonds. The van der Waals surface area contributed by atoms with Crippen LogP contribution in [0.4, 0.5) is 4.79 Å². The molecule has 12 heteroatoms. The highest BCUT2D eigenvalue weighted by atomic mass is 16.6. The van der Waals surface area contributed by atoms with E-state index in [1.165, 1.54) is 0 Å². The number of hydrogen-bond donors (Lipinski definition) is 5. The first kappa shape index (κ1) is 43.4. The van der Waals surface area contributed by atoms with Crippen LogP contribution in [-0.4, -0.2) is 93.2 Å². The molecule has 0 aliphatic rings. The fourth-order valence-corrected chi connectivity index (χ4v) is 5.60. The zero-order valence-electron chi connectivity index (χ0n) is 31.5. The monoisotopic (exact) mass is 714 g/mol. The van der Waals surface area contributed by atoms with E-state index < -0.39 is 42.1 Å². The van der Waals surface area contributed by atoms with Crippen molar-refractivity contribution in [2.24, 2.45) is 11.8 Å². The number of aliphatic hydroxyl groups is 1. The normalized spacial score (nSPS) is 14.3. The van der Waals surface area contributed by atoms with Gasteiger partial charge in [-0.2, -0.15) is 0 Å². The number of benzene rings is 2. The summed E-state index contributed by atoms with van der Waals surface area (Å²) >= 11 is 0. The molecule has 3 unspecified atom stereocenters. The molecule has 286 valence electrons. The van der Waals surface area contributed by atoms with Gasteiger partial charge in [-0.25, -0.2) is 4.79 Å². The van der Waals surface area contributed by atoms with Crippen molar-refractivity contribution >= 4 is 34.6 Å². The minimum atomic E-state index is -1.12. The van der Waals surface area contributed by atoms with Crippen molar-refractivity contribution in [2.75, 3.05) is 40.1 Å². The first-order valence-electron chi connectivity index (χ1n) is 18.5. The number of alkyl carbamates (subject to hydrolysis) is 1. The Morgan fingerprint density at radius 1 is 0.824 bits per heavy atom. The maximum absolute atomic E-state index is 14.0. The van der Waals surface area contributed by atoms with Gasteiger partial charge in [-0.05, 0) is 41.0 Å². The summed E-state index contributed by atoms with van der Waals surface area (Å²) in [4.78, 5) is 53.4. The molecule has 2 aromatic carbocycles. The molecule has 0 saturated heterocycles. The number of nitrogens with one attached hydrogen (secondary N) is 4. The van der Waals surface area contributed by atoms with Crippen LogP contribution in [0.3, 0.4) is 0 Å². The van der Waals surface area contributed by atoms with E-state index in [1.807, 2.05) is 77.1 Å². The second-order valence-corrected chi connectivity index (χ2v) is 13.7. The van der Waals surface area contributed by atoms with Gasteiger partial charge in [-0.1, -0.05) is 103 Å². The first-order valence-corrected chi connectivity index (χ1v) is 18.5. The van der Waals surface area contributed by atoms with Crippen LogP contribution in [0.5, 0.6) is 0 Å². The summed E-state index contributed by atoms with van der Waals surface area (Å²) in [5, 5.41) is 24.5. The van der Waals surface area contributed by atoms with Crippen molar-refractivity contribution in [2.45, 2.75) is 110 Å². The molecule has 0 aromatic heterocycles. The molecule has 51 heavy (non-hydrogen) atoms. The van der Waals surface area contributed by atoms with Gasteiger partial charge in [-0.3, -0.25) is 14.4 Å². The average Bonchev–Trinajstić information content (AvgIpc) is 3.10. The van der Waals surface area contributed by atoms with Crippen molar-refractivity contribution in [3.63, 3.8) is 0 Å². The average molecular weight is 715 g/mol. The highest BCUT2D eigenvalue weighted by Gasteiger charge is 2.31. The SMILES string of the molecule is CCCCC[C@H](NC(=O)[C@H](Cc1cccc2ccccc12)NC(=O)OCCOCCOC)C(=O)NC(CC(C)C)C(O)CC(=O)NCC(C)CC. The van der Waals surface area contributed by atoms with Crippen molar-refractivity contribution in [1.82, 2.24) is 21.3 Å². The first-order chi connectivity index (χ1) is 24.5. The summed E-state index contributed by atoms with van der Waals surface area (Å²) in [7, 11) is 1.57. The third kappa shape index (κ3) is 16.9. The van der Waals surface area contributed by atoms with Gasteiger partial charge < -0.3 is 40.6 Å². The molecule has 0 fully saturated rings. The predicted octanol–water partition coefficient (Wildman–Crippen LogP) is 4.65. The van der Waals surface area contributed by atoms with Crippen molar-refractivity contribution in [3.8, 4) is 0 Å². The molecule has 0 aliphatic heterocycles. The van der Waals surface area contributed by atoms with Crippen molar-refractivity contribution < 1.29 is 38.5 Å². The predicted molar refractivity (Wildman–Crippen MR) is 199 cm³/mol. The van der Waals surface area contributed by atoms with Gasteiger partial charge in [0.2, 0.25) is 17.7 Å². The third-order valence-electron chi connectivity index (χ3n) is 8.79. The summed E-state index contributed by atoms with van der Waals surface area (Å²) in [5.41, 5.74) is 0.843.